The highest BCUT2D eigenvalue weighted by atomic mass is 32.2. The Morgan fingerprint density at radius 2 is 2.08 bits per heavy atom. The molecule has 9 heteroatoms. The molecule has 1 aromatic rings. The molecule has 0 amide bonds. The zero-order valence-electron chi connectivity index (χ0n) is 14.1. The number of aryl methyl sites for hydroxylation is 1. The maximum atomic E-state index is 12.7. The van der Waals surface area contributed by atoms with Crippen molar-refractivity contribution >= 4 is 10.0 Å². The largest absolute Gasteiger partial charge is 0.379 e. The average molecular weight is 358 g/mol. The minimum Gasteiger partial charge on any atom is -0.379 e. The van der Waals surface area contributed by atoms with E-state index in [0.717, 1.165) is 32.5 Å². The van der Waals surface area contributed by atoms with Gasteiger partial charge in [0.1, 0.15) is 0 Å². The third kappa shape index (κ3) is 3.65. The molecule has 0 aliphatic carbocycles. The molecule has 8 nitrogen and oxygen atoms in total. The van der Waals surface area contributed by atoms with Gasteiger partial charge in [0.25, 0.3) is 10.0 Å². The van der Waals surface area contributed by atoms with Crippen LogP contribution < -0.4 is 4.72 Å². The fourth-order valence-electron chi connectivity index (χ4n) is 3.47. The zero-order valence-corrected chi connectivity index (χ0v) is 14.9. The van der Waals surface area contributed by atoms with Crippen LogP contribution in [-0.4, -0.2) is 74.7 Å². The Morgan fingerprint density at radius 1 is 1.29 bits per heavy atom. The summed E-state index contributed by atoms with van der Waals surface area (Å²) in [7, 11) is -3.60. The van der Waals surface area contributed by atoms with E-state index < -0.39 is 10.0 Å². The second-order valence-corrected chi connectivity index (χ2v) is 8.00. The Labute approximate surface area is 143 Å². The monoisotopic (exact) mass is 358 g/mol. The predicted molar refractivity (Wildman–Crippen MR) is 88.3 cm³/mol. The van der Waals surface area contributed by atoms with E-state index in [1.54, 1.807) is 0 Å². The molecule has 1 atom stereocenters. The van der Waals surface area contributed by atoms with E-state index in [-0.39, 0.29) is 10.6 Å². The van der Waals surface area contributed by atoms with Crippen molar-refractivity contribution in [3.63, 3.8) is 0 Å². The molecule has 2 aliphatic rings. The highest BCUT2D eigenvalue weighted by molar-refractivity contribution is 7.89. The summed E-state index contributed by atoms with van der Waals surface area (Å²) >= 11 is 0. The van der Waals surface area contributed by atoms with E-state index in [2.05, 4.69) is 14.7 Å². The Balaban J connectivity index is 1.75. The van der Waals surface area contributed by atoms with Crippen LogP contribution in [0.5, 0.6) is 0 Å². The number of sulfonamides is 1. The summed E-state index contributed by atoms with van der Waals surface area (Å²) in [6, 6.07) is 1.53. The van der Waals surface area contributed by atoms with Crippen LogP contribution in [0.1, 0.15) is 19.8 Å². The lowest BCUT2D eigenvalue weighted by atomic mass is 9.90. The maximum Gasteiger partial charge on any atom is 0.257 e. The van der Waals surface area contributed by atoms with Crippen LogP contribution in [0.25, 0.3) is 0 Å². The zero-order chi connectivity index (χ0) is 17.0. The summed E-state index contributed by atoms with van der Waals surface area (Å²) in [5.74, 6) is 0. The second-order valence-electron chi connectivity index (χ2n) is 6.29. The quantitative estimate of drug-likeness (QED) is 0.774. The minimum atomic E-state index is -3.60. The van der Waals surface area contributed by atoms with E-state index in [1.807, 2.05) is 6.92 Å². The van der Waals surface area contributed by atoms with Gasteiger partial charge in [-0.3, -0.25) is 9.58 Å². The molecular formula is C15H26N4O4S. The number of hydrogen-bond acceptors (Lipinski definition) is 6. The molecule has 0 radical (unpaired) electrons. The smallest absolute Gasteiger partial charge is 0.257 e. The van der Waals surface area contributed by atoms with Gasteiger partial charge in [-0.25, -0.2) is 13.1 Å². The first kappa shape index (κ1) is 17.8. The van der Waals surface area contributed by atoms with Crippen molar-refractivity contribution in [3.05, 3.63) is 12.3 Å². The molecule has 1 aromatic heterocycles. The summed E-state index contributed by atoms with van der Waals surface area (Å²) in [5.41, 5.74) is -0.299. The third-order valence-electron chi connectivity index (χ3n) is 4.83. The van der Waals surface area contributed by atoms with Crippen LogP contribution in [0.15, 0.2) is 17.3 Å². The van der Waals surface area contributed by atoms with Crippen molar-refractivity contribution in [2.24, 2.45) is 0 Å². The Bertz CT molecular complexity index is 634. The first-order valence-electron chi connectivity index (χ1n) is 8.49. The lowest BCUT2D eigenvalue weighted by molar-refractivity contribution is -0.0831. The van der Waals surface area contributed by atoms with E-state index in [0.29, 0.717) is 32.9 Å². The van der Waals surface area contributed by atoms with Crippen molar-refractivity contribution in [1.29, 1.82) is 0 Å². The fraction of sp³-hybridized carbons (Fsp3) is 0.800. The number of morpholine rings is 1. The molecule has 24 heavy (non-hydrogen) atoms. The van der Waals surface area contributed by atoms with Gasteiger partial charge >= 0.3 is 0 Å². The van der Waals surface area contributed by atoms with Crippen LogP contribution in [0.3, 0.4) is 0 Å². The molecule has 3 heterocycles. The van der Waals surface area contributed by atoms with E-state index in [9.17, 15) is 8.42 Å². The van der Waals surface area contributed by atoms with Gasteiger partial charge < -0.3 is 9.47 Å². The molecule has 2 saturated heterocycles. The fourth-order valence-corrected chi connectivity index (χ4v) is 4.77. The molecule has 2 fully saturated rings. The molecule has 2 aliphatic heterocycles. The normalized spacial score (nSPS) is 26.5. The number of nitrogens with one attached hydrogen (secondary N) is 1. The van der Waals surface area contributed by atoms with Crippen LogP contribution in [0.2, 0.25) is 0 Å². The topological polar surface area (TPSA) is 85.7 Å². The summed E-state index contributed by atoms with van der Waals surface area (Å²) in [6.45, 7) is 6.97. The van der Waals surface area contributed by atoms with Gasteiger partial charge in [-0.15, -0.1) is 0 Å². The SMILES string of the molecule is CCn1nccc1S(=O)(=O)NCC1(N2CCOCC2)CCCOC1. The highest BCUT2D eigenvalue weighted by Crippen LogP contribution is 2.27. The van der Waals surface area contributed by atoms with Gasteiger partial charge in [0.2, 0.25) is 0 Å². The molecule has 136 valence electrons. The number of hydrogen-bond donors (Lipinski definition) is 1. The van der Waals surface area contributed by atoms with Crippen LogP contribution in [0, 0.1) is 0 Å². The summed E-state index contributed by atoms with van der Waals surface area (Å²) < 4.78 is 40.8. The molecule has 1 unspecified atom stereocenters. The molecule has 3 rings (SSSR count). The van der Waals surface area contributed by atoms with Gasteiger partial charge in [0.05, 0.1) is 31.6 Å². The molecule has 0 bridgehead atoms. The van der Waals surface area contributed by atoms with Crippen molar-refractivity contribution in [2.75, 3.05) is 46.1 Å². The van der Waals surface area contributed by atoms with E-state index in [4.69, 9.17) is 9.47 Å². The summed E-state index contributed by atoms with van der Waals surface area (Å²) in [4.78, 5) is 2.31. The molecule has 0 saturated carbocycles. The summed E-state index contributed by atoms with van der Waals surface area (Å²) in [6.07, 6.45) is 3.37. The van der Waals surface area contributed by atoms with Gasteiger partial charge in [0.15, 0.2) is 5.03 Å². The molecule has 0 spiro atoms. The number of rotatable bonds is 6. The maximum absolute atomic E-state index is 12.7. The number of nitrogens with zero attached hydrogens (tertiary/aromatic N) is 3. The van der Waals surface area contributed by atoms with Crippen LogP contribution in [0.4, 0.5) is 0 Å². The van der Waals surface area contributed by atoms with Gasteiger partial charge in [-0.2, -0.15) is 5.10 Å². The lowest BCUT2D eigenvalue weighted by Gasteiger charge is -2.47. The third-order valence-corrected chi connectivity index (χ3v) is 6.25. The lowest BCUT2D eigenvalue weighted by Crippen LogP contribution is -2.62. The Morgan fingerprint density at radius 3 is 2.75 bits per heavy atom. The van der Waals surface area contributed by atoms with Gasteiger partial charge in [-0.1, -0.05) is 0 Å². The van der Waals surface area contributed by atoms with Crippen LogP contribution in [-0.2, 0) is 26.0 Å². The van der Waals surface area contributed by atoms with Crippen LogP contribution >= 0.6 is 0 Å². The Hall–Kier alpha value is -1.00. The van der Waals surface area contributed by atoms with Crippen molar-refractivity contribution in [3.8, 4) is 0 Å². The number of aromatic nitrogens is 2. The first-order valence-corrected chi connectivity index (χ1v) is 9.98. The highest BCUT2D eigenvalue weighted by Gasteiger charge is 2.40. The number of ether oxygens (including phenoxy) is 2. The van der Waals surface area contributed by atoms with Crippen molar-refractivity contribution in [1.82, 2.24) is 19.4 Å². The molecule has 0 aromatic carbocycles. The minimum absolute atomic E-state index is 0.207. The molecular weight excluding hydrogens is 332 g/mol. The van der Waals surface area contributed by atoms with E-state index in [1.165, 1.54) is 16.9 Å². The Kier molecular flexibility index (Phi) is 5.56. The second kappa shape index (κ2) is 7.49. The standard InChI is InChI=1S/C15H26N4O4S/c1-2-19-14(4-6-16-19)24(20,21)17-12-15(5-3-9-23-13-15)18-7-10-22-11-8-18/h4,6,17H,2-3,5,7-13H2,1H3. The van der Waals surface area contributed by atoms with Crippen molar-refractivity contribution < 1.29 is 17.9 Å². The average Bonchev–Trinajstić information content (AvgIpc) is 3.11. The summed E-state index contributed by atoms with van der Waals surface area (Å²) in [5, 5.41) is 4.26. The van der Waals surface area contributed by atoms with E-state index >= 15 is 0 Å². The molecule has 1 N–H and O–H groups in total. The van der Waals surface area contributed by atoms with Crippen molar-refractivity contribution in [2.45, 2.75) is 36.9 Å². The van der Waals surface area contributed by atoms with Gasteiger partial charge in [-0.05, 0) is 25.8 Å². The first-order chi connectivity index (χ1) is 11.6. The van der Waals surface area contributed by atoms with Gasteiger partial charge in [0, 0.05) is 32.8 Å². The predicted octanol–water partition coefficient (Wildman–Crippen LogP) is 0.0627.